The van der Waals surface area contributed by atoms with Gasteiger partial charge in [0.2, 0.25) is 0 Å². The van der Waals surface area contributed by atoms with Gasteiger partial charge in [-0.2, -0.15) is 0 Å². The van der Waals surface area contributed by atoms with Crippen molar-refractivity contribution in [2.24, 2.45) is 0 Å². The Bertz CT molecular complexity index is 493. The molecule has 0 radical (unpaired) electrons. The second kappa shape index (κ2) is 4.61. The third kappa shape index (κ3) is 3.03. The summed E-state index contributed by atoms with van der Waals surface area (Å²) in [5.41, 5.74) is 0.394. The maximum absolute atomic E-state index is 11.6. The van der Waals surface area contributed by atoms with Crippen LogP contribution in [-0.4, -0.2) is 29.7 Å². The molecule has 0 spiro atoms. The van der Waals surface area contributed by atoms with Gasteiger partial charge in [-0.25, -0.2) is 13.2 Å². The number of pyridine rings is 1. The fourth-order valence-corrected chi connectivity index (χ4v) is 2.04. The maximum atomic E-state index is 11.6. The predicted molar refractivity (Wildman–Crippen MR) is 59.0 cm³/mol. The molecule has 6 heteroatoms. The highest BCUT2D eigenvalue weighted by atomic mass is 32.2. The minimum atomic E-state index is -3.23. The molecule has 1 N–H and O–H groups in total. The molecule has 0 saturated heterocycles. The Morgan fingerprint density at radius 2 is 2.06 bits per heavy atom. The van der Waals surface area contributed by atoms with Gasteiger partial charge in [0, 0.05) is 12.4 Å². The first-order valence-electron chi connectivity index (χ1n) is 4.71. The standard InChI is InChI=1S/C10H13NO4S/c1-7(2)16(14,15)6-8-3-9(10(12)13)5-11-4-8/h3-5,7H,6H2,1-2H3,(H,12,13). The van der Waals surface area contributed by atoms with Gasteiger partial charge in [0.1, 0.15) is 0 Å². The van der Waals surface area contributed by atoms with Crippen LogP contribution in [0.3, 0.4) is 0 Å². The van der Waals surface area contributed by atoms with Crippen molar-refractivity contribution in [1.82, 2.24) is 4.98 Å². The molecule has 0 atom stereocenters. The fraction of sp³-hybridized carbons (Fsp3) is 0.400. The first-order chi connectivity index (χ1) is 7.33. The summed E-state index contributed by atoms with van der Waals surface area (Å²) < 4.78 is 23.2. The van der Waals surface area contributed by atoms with E-state index in [0.29, 0.717) is 5.56 Å². The normalized spacial score (nSPS) is 11.7. The lowest BCUT2D eigenvalue weighted by Crippen LogP contribution is -2.16. The summed E-state index contributed by atoms with van der Waals surface area (Å²) in [4.78, 5) is 14.4. The number of rotatable bonds is 4. The van der Waals surface area contributed by atoms with Gasteiger partial charge in [0.05, 0.1) is 16.6 Å². The Hall–Kier alpha value is -1.43. The van der Waals surface area contributed by atoms with E-state index < -0.39 is 21.1 Å². The quantitative estimate of drug-likeness (QED) is 0.856. The molecule has 1 aromatic heterocycles. The molecule has 88 valence electrons. The topological polar surface area (TPSA) is 84.3 Å². The van der Waals surface area contributed by atoms with Crippen LogP contribution in [0.25, 0.3) is 0 Å². The average molecular weight is 243 g/mol. The first kappa shape index (κ1) is 12.6. The van der Waals surface area contributed by atoms with Crippen LogP contribution in [-0.2, 0) is 15.6 Å². The highest BCUT2D eigenvalue weighted by molar-refractivity contribution is 7.91. The molecule has 5 nitrogen and oxygen atoms in total. The predicted octanol–water partition coefficient (Wildman–Crippen LogP) is 1.10. The van der Waals surface area contributed by atoms with Gasteiger partial charge in [-0.1, -0.05) is 0 Å². The average Bonchev–Trinajstić information content (AvgIpc) is 2.17. The molecule has 0 amide bonds. The van der Waals surface area contributed by atoms with Crippen molar-refractivity contribution in [1.29, 1.82) is 0 Å². The van der Waals surface area contributed by atoms with Crippen LogP contribution in [0, 0.1) is 0 Å². The largest absolute Gasteiger partial charge is 0.478 e. The van der Waals surface area contributed by atoms with E-state index in [9.17, 15) is 13.2 Å². The molecule has 0 bridgehead atoms. The van der Waals surface area contributed by atoms with Crippen molar-refractivity contribution in [2.45, 2.75) is 24.9 Å². The van der Waals surface area contributed by atoms with Gasteiger partial charge in [0.15, 0.2) is 9.84 Å². The van der Waals surface area contributed by atoms with E-state index in [-0.39, 0.29) is 11.3 Å². The Balaban J connectivity index is 2.99. The summed E-state index contributed by atoms with van der Waals surface area (Å²) in [6, 6.07) is 1.33. The minimum absolute atomic E-state index is 0.00328. The molecule has 16 heavy (non-hydrogen) atoms. The van der Waals surface area contributed by atoms with Gasteiger partial charge in [-0.3, -0.25) is 4.98 Å². The summed E-state index contributed by atoms with van der Waals surface area (Å²) in [6.45, 7) is 3.17. The molecule has 1 aromatic rings. The molecule has 0 aromatic carbocycles. The Labute approximate surface area is 94.1 Å². The summed E-state index contributed by atoms with van der Waals surface area (Å²) in [5.74, 6) is -1.30. The second-order valence-corrected chi connectivity index (χ2v) is 6.30. The Kier molecular flexibility index (Phi) is 3.64. The number of carbonyl (C=O) groups is 1. The summed E-state index contributed by atoms with van der Waals surface area (Å²) in [7, 11) is -3.23. The van der Waals surface area contributed by atoms with Crippen LogP contribution >= 0.6 is 0 Å². The lowest BCUT2D eigenvalue weighted by molar-refractivity contribution is 0.0696. The highest BCUT2D eigenvalue weighted by Crippen LogP contribution is 2.11. The van der Waals surface area contributed by atoms with E-state index in [1.54, 1.807) is 13.8 Å². The van der Waals surface area contributed by atoms with Crippen molar-refractivity contribution < 1.29 is 18.3 Å². The van der Waals surface area contributed by atoms with Gasteiger partial charge in [-0.05, 0) is 25.5 Å². The molecule has 0 aliphatic carbocycles. The van der Waals surface area contributed by atoms with Crippen molar-refractivity contribution in [3.05, 3.63) is 29.6 Å². The first-order valence-corrected chi connectivity index (χ1v) is 6.43. The number of hydrogen-bond donors (Lipinski definition) is 1. The Morgan fingerprint density at radius 3 is 2.56 bits per heavy atom. The van der Waals surface area contributed by atoms with Crippen molar-refractivity contribution in [2.75, 3.05) is 0 Å². The minimum Gasteiger partial charge on any atom is -0.478 e. The number of carboxylic acids is 1. The van der Waals surface area contributed by atoms with Crippen LogP contribution in [0.15, 0.2) is 18.5 Å². The van der Waals surface area contributed by atoms with E-state index >= 15 is 0 Å². The molecule has 0 unspecified atom stereocenters. The monoisotopic (exact) mass is 243 g/mol. The molecular formula is C10H13NO4S. The van der Waals surface area contributed by atoms with Crippen LogP contribution in [0.4, 0.5) is 0 Å². The number of aromatic nitrogens is 1. The lowest BCUT2D eigenvalue weighted by atomic mass is 10.2. The third-order valence-corrected chi connectivity index (χ3v) is 4.30. The van der Waals surface area contributed by atoms with Gasteiger partial charge >= 0.3 is 5.97 Å². The molecular weight excluding hydrogens is 230 g/mol. The summed E-state index contributed by atoms with van der Waals surface area (Å²) >= 11 is 0. The second-order valence-electron chi connectivity index (χ2n) is 3.74. The number of nitrogens with zero attached hydrogens (tertiary/aromatic N) is 1. The molecule has 0 saturated carbocycles. The molecule has 0 fully saturated rings. The van der Waals surface area contributed by atoms with Crippen molar-refractivity contribution >= 4 is 15.8 Å². The smallest absolute Gasteiger partial charge is 0.337 e. The number of hydrogen-bond acceptors (Lipinski definition) is 4. The van der Waals surface area contributed by atoms with Gasteiger partial charge < -0.3 is 5.11 Å². The zero-order chi connectivity index (χ0) is 12.3. The fourth-order valence-electron chi connectivity index (χ4n) is 1.08. The third-order valence-electron chi connectivity index (χ3n) is 2.13. The lowest BCUT2D eigenvalue weighted by Gasteiger charge is -2.07. The molecule has 1 rings (SSSR count). The van der Waals surface area contributed by atoms with E-state index in [0.717, 1.165) is 0 Å². The molecule has 0 aliphatic rings. The zero-order valence-electron chi connectivity index (χ0n) is 9.04. The van der Waals surface area contributed by atoms with Crippen LogP contribution in [0.2, 0.25) is 0 Å². The van der Waals surface area contributed by atoms with Crippen LogP contribution in [0.5, 0.6) is 0 Å². The highest BCUT2D eigenvalue weighted by Gasteiger charge is 2.17. The number of sulfone groups is 1. The van der Waals surface area contributed by atoms with E-state index in [4.69, 9.17) is 5.11 Å². The van der Waals surface area contributed by atoms with Gasteiger partial charge in [-0.15, -0.1) is 0 Å². The zero-order valence-corrected chi connectivity index (χ0v) is 9.86. The summed E-state index contributed by atoms with van der Waals surface area (Å²) in [5, 5.41) is 8.24. The van der Waals surface area contributed by atoms with Crippen LogP contribution < -0.4 is 0 Å². The molecule has 0 aliphatic heterocycles. The van der Waals surface area contributed by atoms with Crippen molar-refractivity contribution in [3.63, 3.8) is 0 Å². The summed E-state index contributed by atoms with van der Waals surface area (Å²) in [6.07, 6.45) is 2.56. The number of carboxylic acid groups (broad SMARTS) is 1. The molecule has 1 heterocycles. The van der Waals surface area contributed by atoms with Crippen LogP contribution in [0.1, 0.15) is 29.8 Å². The van der Waals surface area contributed by atoms with E-state index in [2.05, 4.69) is 4.98 Å². The number of aromatic carboxylic acids is 1. The Morgan fingerprint density at radius 1 is 1.44 bits per heavy atom. The SMILES string of the molecule is CC(C)S(=O)(=O)Cc1cncc(C(=O)O)c1. The van der Waals surface area contributed by atoms with Crippen molar-refractivity contribution in [3.8, 4) is 0 Å². The maximum Gasteiger partial charge on any atom is 0.337 e. The van der Waals surface area contributed by atoms with E-state index in [1.165, 1.54) is 18.5 Å². The van der Waals surface area contributed by atoms with E-state index in [1.807, 2.05) is 0 Å². The van der Waals surface area contributed by atoms with Gasteiger partial charge in [0.25, 0.3) is 0 Å².